The molecule has 0 spiro atoms. The number of halogens is 1. The fourth-order valence-electron chi connectivity index (χ4n) is 2.38. The van der Waals surface area contributed by atoms with E-state index in [1.165, 1.54) is 4.90 Å². The minimum absolute atomic E-state index is 0. The molecule has 0 saturated heterocycles. The van der Waals surface area contributed by atoms with Crippen molar-refractivity contribution in [2.75, 3.05) is 26.5 Å². The van der Waals surface area contributed by atoms with E-state index < -0.39 is 0 Å². The summed E-state index contributed by atoms with van der Waals surface area (Å²) in [6.07, 6.45) is 0. The van der Waals surface area contributed by atoms with Crippen LogP contribution in [0, 0.1) is 5.92 Å². The van der Waals surface area contributed by atoms with E-state index in [2.05, 4.69) is 47.6 Å². The molecule has 156 valence electrons. The number of aromatic nitrogens is 1. The molecule has 0 bridgehead atoms. The van der Waals surface area contributed by atoms with Crippen molar-refractivity contribution in [3.63, 3.8) is 0 Å². The summed E-state index contributed by atoms with van der Waals surface area (Å²) in [5.74, 6) is 4.31. The van der Waals surface area contributed by atoms with Gasteiger partial charge < -0.3 is 19.9 Å². The van der Waals surface area contributed by atoms with Gasteiger partial charge in [-0.15, -0.1) is 35.7 Å². The van der Waals surface area contributed by atoms with E-state index in [9.17, 15) is 0 Å². The number of nitrogens with zero attached hydrogens (tertiary/aromatic N) is 2. The summed E-state index contributed by atoms with van der Waals surface area (Å²) in [5.41, 5.74) is 0.969. The maximum Gasteiger partial charge on any atom is 0.191 e. The highest BCUT2D eigenvalue weighted by Crippen LogP contribution is 2.29. The lowest BCUT2D eigenvalue weighted by atomic mass is 10.1. The third-order valence-corrected chi connectivity index (χ3v) is 5.42. The lowest BCUT2D eigenvalue weighted by Gasteiger charge is -2.16. The fraction of sp³-hybridized carbons (Fsp3) is 0.500. The third kappa shape index (κ3) is 7.90. The number of benzene rings is 1. The molecule has 28 heavy (non-hydrogen) atoms. The van der Waals surface area contributed by atoms with Crippen LogP contribution in [0.3, 0.4) is 0 Å². The number of guanidine groups is 1. The molecule has 6 nitrogen and oxygen atoms in total. The Morgan fingerprint density at radius 3 is 2.64 bits per heavy atom. The van der Waals surface area contributed by atoms with Gasteiger partial charge in [-0.2, -0.15) is 0 Å². The van der Waals surface area contributed by atoms with Gasteiger partial charge in [-0.1, -0.05) is 38.1 Å². The molecule has 0 fully saturated rings. The number of hydrogen-bond donors (Lipinski definition) is 2. The highest BCUT2D eigenvalue weighted by Gasteiger charge is 2.10. The van der Waals surface area contributed by atoms with E-state index in [0.29, 0.717) is 18.4 Å². The Morgan fingerprint density at radius 2 is 2.00 bits per heavy atom. The number of nitrogens with one attached hydrogen (secondary N) is 2. The van der Waals surface area contributed by atoms with Crippen molar-refractivity contribution < 1.29 is 9.26 Å². The molecule has 1 heterocycles. The van der Waals surface area contributed by atoms with E-state index in [0.717, 1.165) is 35.5 Å². The Labute approximate surface area is 189 Å². The van der Waals surface area contributed by atoms with E-state index in [4.69, 9.17) is 9.26 Å². The van der Waals surface area contributed by atoms with Crippen molar-refractivity contribution in [2.24, 2.45) is 10.9 Å². The first-order chi connectivity index (χ1) is 13.0. The first-order valence-corrected chi connectivity index (χ1v) is 10.2. The van der Waals surface area contributed by atoms with Gasteiger partial charge in [0.15, 0.2) is 11.7 Å². The number of aliphatic imine (C=N–C) groups is 1. The zero-order chi connectivity index (χ0) is 19.6. The van der Waals surface area contributed by atoms with E-state index in [1.54, 1.807) is 25.9 Å². The topological polar surface area (TPSA) is 71.7 Å². The first-order valence-electron chi connectivity index (χ1n) is 9.19. The van der Waals surface area contributed by atoms with Crippen LogP contribution in [0.1, 0.15) is 38.1 Å². The molecule has 2 rings (SSSR count). The Kier molecular flexibility index (Phi) is 11.4. The predicted molar refractivity (Wildman–Crippen MR) is 127 cm³/mol. The standard InChI is InChI=1S/C20H30N4O2S.HI/c1-14(2)17-10-16(26-24-17)12-23-20(21-4)22-11-15(3)13-27-19-9-7-6-8-18(19)25-5;/h6-10,14-15H,11-13H2,1-5H3,(H2,21,22,23);1H. The van der Waals surface area contributed by atoms with Gasteiger partial charge in [0.25, 0.3) is 0 Å². The predicted octanol–water partition coefficient (Wildman–Crippen LogP) is 4.52. The zero-order valence-electron chi connectivity index (χ0n) is 17.2. The van der Waals surface area contributed by atoms with E-state index >= 15 is 0 Å². The van der Waals surface area contributed by atoms with Gasteiger partial charge in [0.1, 0.15) is 5.75 Å². The monoisotopic (exact) mass is 518 g/mol. The maximum absolute atomic E-state index is 5.40. The van der Waals surface area contributed by atoms with Crippen LogP contribution in [0.5, 0.6) is 5.75 Å². The van der Waals surface area contributed by atoms with Crippen molar-refractivity contribution in [2.45, 2.75) is 38.1 Å². The lowest BCUT2D eigenvalue weighted by Crippen LogP contribution is -2.39. The second-order valence-electron chi connectivity index (χ2n) is 6.75. The van der Waals surface area contributed by atoms with Gasteiger partial charge in [0, 0.05) is 30.3 Å². The number of rotatable bonds is 9. The van der Waals surface area contributed by atoms with Gasteiger partial charge in [-0.3, -0.25) is 4.99 Å². The molecule has 0 aliphatic rings. The van der Waals surface area contributed by atoms with Crippen LogP contribution in [0.25, 0.3) is 0 Å². The molecule has 8 heteroatoms. The zero-order valence-corrected chi connectivity index (χ0v) is 20.3. The molecule has 1 atom stereocenters. The molecule has 2 N–H and O–H groups in total. The molecule has 2 aromatic rings. The van der Waals surface area contributed by atoms with Crippen molar-refractivity contribution in [3.8, 4) is 5.75 Å². The van der Waals surface area contributed by atoms with Crippen LogP contribution >= 0.6 is 35.7 Å². The Hall–Kier alpha value is -1.42. The number of ether oxygens (including phenoxy) is 1. The molecule has 0 aliphatic heterocycles. The SMILES string of the molecule is CN=C(NCc1cc(C(C)C)no1)NCC(C)CSc1ccccc1OC.I. The summed E-state index contributed by atoms with van der Waals surface area (Å²) in [4.78, 5) is 5.44. The van der Waals surface area contributed by atoms with Gasteiger partial charge >= 0.3 is 0 Å². The average molecular weight is 518 g/mol. The van der Waals surface area contributed by atoms with Crippen LogP contribution < -0.4 is 15.4 Å². The van der Waals surface area contributed by atoms with Gasteiger partial charge in [-0.05, 0) is 24.0 Å². The minimum Gasteiger partial charge on any atom is -0.496 e. The number of para-hydroxylation sites is 1. The van der Waals surface area contributed by atoms with Crippen LogP contribution in [0.4, 0.5) is 0 Å². The molecular formula is C20H31IN4O2S. The molecule has 0 saturated carbocycles. The summed E-state index contributed by atoms with van der Waals surface area (Å²) < 4.78 is 10.7. The smallest absolute Gasteiger partial charge is 0.191 e. The molecule has 1 aromatic carbocycles. The second kappa shape index (κ2) is 12.9. The second-order valence-corrected chi connectivity index (χ2v) is 7.81. The van der Waals surface area contributed by atoms with Crippen molar-refractivity contribution >= 4 is 41.7 Å². The fourth-order valence-corrected chi connectivity index (χ4v) is 3.43. The molecule has 0 radical (unpaired) electrons. The Morgan fingerprint density at radius 1 is 1.25 bits per heavy atom. The summed E-state index contributed by atoms with van der Waals surface area (Å²) in [6.45, 7) is 7.80. The van der Waals surface area contributed by atoms with Gasteiger partial charge in [0.2, 0.25) is 0 Å². The molecule has 0 aliphatic carbocycles. The van der Waals surface area contributed by atoms with E-state index in [1.807, 2.05) is 24.3 Å². The number of methoxy groups -OCH3 is 1. The van der Waals surface area contributed by atoms with Crippen molar-refractivity contribution in [1.82, 2.24) is 15.8 Å². The lowest BCUT2D eigenvalue weighted by molar-refractivity contribution is 0.372. The summed E-state index contributed by atoms with van der Waals surface area (Å²) in [6, 6.07) is 10.1. The summed E-state index contributed by atoms with van der Waals surface area (Å²) in [5, 5.41) is 10.7. The van der Waals surface area contributed by atoms with Crippen LogP contribution in [-0.4, -0.2) is 37.6 Å². The van der Waals surface area contributed by atoms with Gasteiger partial charge in [0.05, 0.1) is 19.3 Å². The number of thioether (sulfide) groups is 1. The first kappa shape index (κ1) is 24.6. The molecule has 1 unspecified atom stereocenters. The molecule has 0 amide bonds. The van der Waals surface area contributed by atoms with Crippen LogP contribution in [0.2, 0.25) is 0 Å². The summed E-state index contributed by atoms with van der Waals surface area (Å²) >= 11 is 1.81. The Bertz CT molecular complexity index is 737. The van der Waals surface area contributed by atoms with Crippen LogP contribution in [0.15, 0.2) is 44.7 Å². The van der Waals surface area contributed by atoms with Crippen LogP contribution in [-0.2, 0) is 6.54 Å². The van der Waals surface area contributed by atoms with Crippen molar-refractivity contribution in [3.05, 3.63) is 41.8 Å². The normalized spacial score (nSPS) is 12.4. The molecular weight excluding hydrogens is 487 g/mol. The quantitative estimate of drug-likeness (QED) is 0.220. The maximum atomic E-state index is 5.40. The average Bonchev–Trinajstić information content (AvgIpc) is 3.16. The highest BCUT2D eigenvalue weighted by atomic mass is 127. The summed E-state index contributed by atoms with van der Waals surface area (Å²) in [7, 11) is 3.47. The van der Waals surface area contributed by atoms with E-state index in [-0.39, 0.29) is 24.0 Å². The molecule has 1 aromatic heterocycles. The largest absolute Gasteiger partial charge is 0.496 e. The highest BCUT2D eigenvalue weighted by molar-refractivity contribution is 14.0. The number of hydrogen-bond acceptors (Lipinski definition) is 5. The third-order valence-electron chi connectivity index (χ3n) is 4.03. The van der Waals surface area contributed by atoms with Gasteiger partial charge in [-0.25, -0.2) is 0 Å². The Balaban J connectivity index is 0.00000392. The minimum atomic E-state index is 0. The van der Waals surface area contributed by atoms with Crippen molar-refractivity contribution in [1.29, 1.82) is 0 Å².